The summed E-state index contributed by atoms with van der Waals surface area (Å²) in [5.74, 6) is 0. The SMILES string of the molecule is O[C@@H]1[C@H](OCc2ccccc2)O[C@H]2CO[C@H](c3ccccc3)O[C@@H]2[C@@H]1O. The summed E-state index contributed by atoms with van der Waals surface area (Å²) in [6, 6.07) is 19.1. The molecule has 0 aliphatic carbocycles. The monoisotopic (exact) mass is 358 g/mol. The highest BCUT2D eigenvalue weighted by atomic mass is 16.8. The predicted molar refractivity (Wildman–Crippen MR) is 91.9 cm³/mol. The van der Waals surface area contributed by atoms with Crippen LogP contribution in [0.2, 0.25) is 0 Å². The Bertz CT molecular complexity index is 692. The lowest BCUT2D eigenvalue weighted by atomic mass is 9.98. The third-order valence-corrected chi connectivity index (χ3v) is 4.66. The molecule has 4 rings (SSSR count). The second kappa shape index (κ2) is 7.84. The largest absolute Gasteiger partial charge is 0.387 e. The quantitative estimate of drug-likeness (QED) is 0.867. The zero-order valence-corrected chi connectivity index (χ0v) is 14.2. The number of fused-ring (bicyclic) bond motifs is 1. The molecule has 0 saturated carbocycles. The van der Waals surface area contributed by atoms with Crippen LogP contribution in [0.3, 0.4) is 0 Å². The summed E-state index contributed by atoms with van der Waals surface area (Å²) in [5.41, 5.74) is 1.82. The van der Waals surface area contributed by atoms with E-state index in [-0.39, 0.29) is 13.2 Å². The number of hydrogen-bond donors (Lipinski definition) is 2. The van der Waals surface area contributed by atoms with E-state index < -0.39 is 37.0 Å². The molecule has 138 valence electrons. The van der Waals surface area contributed by atoms with Crippen molar-refractivity contribution in [1.82, 2.24) is 0 Å². The zero-order valence-electron chi connectivity index (χ0n) is 14.2. The average Bonchev–Trinajstić information content (AvgIpc) is 2.71. The van der Waals surface area contributed by atoms with Crippen molar-refractivity contribution in [3.63, 3.8) is 0 Å². The van der Waals surface area contributed by atoms with Gasteiger partial charge in [-0.05, 0) is 5.56 Å². The molecule has 2 aromatic carbocycles. The van der Waals surface area contributed by atoms with Crippen LogP contribution >= 0.6 is 0 Å². The maximum atomic E-state index is 10.5. The van der Waals surface area contributed by atoms with Crippen molar-refractivity contribution >= 4 is 0 Å². The molecule has 0 spiro atoms. The summed E-state index contributed by atoms with van der Waals surface area (Å²) in [6.07, 6.45) is -5.04. The van der Waals surface area contributed by atoms with Crippen molar-refractivity contribution in [2.24, 2.45) is 0 Å². The van der Waals surface area contributed by atoms with Crippen LogP contribution in [0.4, 0.5) is 0 Å². The number of rotatable bonds is 4. The smallest absolute Gasteiger partial charge is 0.187 e. The van der Waals surface area contributed by atoms with Gasteiger partial charge in [0.2, 0.25) is 0 Å². The standard InChI is InChI=1S/C20H22O6/c21-16-17(22)20(23-11-13-7-3-1-4-8-13)25-15-12-24-19(26-18(15)16)14-9-5-2-6-10-14/h1-10,15-22H,11-12H2/t15-,16+,17-,18-,19-,20+/m0/s1. The van der Waals surface area contributed by atoms with Gasteiger partial charge in [0.05, 0.1) is 13.2 Å². The van der Waals surface area contributed by atoms with Crippen molar-refractivity contribution in [3.05, 3.63) is 71.8 Å². The van der Waals surface area contributed by atoms with Crippen LogP contribution in [0.1, 0.15) is 17.4 Å². The second-order valence-corrected chi connectivity index (χ2v) is 6.50. The molecule has 6 heteroatoms. The summed E-state index contributed by atoms with van der Waals surface area (Å²) in [7, 11) is 0. The fraction of sp³-hybridized carbons (Fsp3) is 0.400. The van der Waals surface area contributed by atoms with Crippen LogP contribution in [0.25, 0.3) is 0 Å². The van der Waals surface area contributed by atoms with Crippen LogP contribution in [0.5, 0.6) is 0 Å². The molecule has 26 heavy (non-hydrogen) atoms. The molecule has 2 aliphatic heterocycles. The lowest BCUT2D eigenvalue weighted by Crippen LogP contribution is -2.62. The van der Waals surface area contributed by atoms with E-state index in [1.165, 1.54) is 0 Å². The van der Waals surface area contributed by atoms with Gasteiger partial charge in [0, 0.05) is 5.56 Å². The van der Waals surface area contributed by atoms with Crippen LogP contribution in [-0.2, 0) is 25.6 Å². The normalized spacial score (nSPS) is 34.2. The Labute approximate surface area is 151 Å². The van der Waals surface area contributed by atoms with E-state index in [2.05, 4.69) is 0 Å². The molecule has 2 aromatic rings. The van der Waals surface area contributed by atoms with Crippen LogP contribution < -0.4 is 0 Å². The minimum atomic E-state index is -1.20. The number of ether oxygens (including phenoxy) is 4. The van der Waals surface area contributed by atoms with Gasteiger partial charge in [0.25, 0.3) is 0 Å². The highest BCUT2D eigenvalue weighted by Gasteiger charge is 2.49. The van der Waals surface area contributed by atoms with E-state index >= 15 is 0 Å². The Morgan fingerprint density at radius 3 is 2.31 bits per heavy atom. The highest BCUT2D eigenvalue weighted by molar-refractivity contribution is 5.17. The van der Waals surface area contributed by atoms with E-state index in [1.54, 1.807) is 0 Å². The van der Waals surface area contributed by atoms with Crippen molar-refractivity contribution in [2.75, 3.05) is 6.61 Å². The van der Waals surface area contributed by atoms with Crippen molar-refractivity contribution < 1.29 is 29.2 Å². The van der Waals surface area contributed by atoms with E-state index in [1.807, 2.05) is 60.7 Å². The van der Waals surface area contributed by atoms with E-state index in [0.29, 0.717) is 0 Å². The topological polar surface area (TPSA) is 77.4 Å². The maximum Gasteiger partial charge on any atom is 0.187 e. The number of aliphatic hydroxyl groups excluding tert-OH is 2. The average molecular weight is 358 g/mol. The molecule has 0 aromatic heterocycles. The third-order valence-electron chi connectivity index (χ3n) is 4.66. The Morgan fingerprint density at radius 2 is 1.58 bits per heavy atom. The van der Waals surface area contributed by atoms with Gasteiger partial charge in [-0.25, -0.2) is 0 Å². The molecule has 2 saturated heterocycles. The minimum absolute atomic E-state index is 0.249. The summed E-state index contributed by atoms with van der Waals surface area (Å²) in [5, 5.41) is 20.9. The van der Waals surface area contributed by atoms with Crippen molar-refractivity contribution in [3.8, 4) is 0 Å². The molecule has 2 heterocycles. The van der Waals surface area contributed by atoms with Gasteiger partial charge in [-0.15, -0.1) is 0 Å². The highest BCUT2D eigenvalue weighted by Crippen LogP contribution is 2.34. The Kier molecular flexibility index (Phi) is 5.31. The Balaban J connectivity index is 1.40. The number of aliphatic hydroxyl groups is 2. The fourth-order valence-electron chi connectivity index (χ4n) is 3.25. The third kappa shape index (κ3) is 3.66. The predicted octanol–water partition coefficient (Wildman–Crippen LogP) is 1.76. The molecule has 2 aliphatic rings. The molecule has 2 N–H and O–H groups in total. The van der Waals surface area contributed by atoms with Gasteiger partial charge in [-0.2, -0.15) is 0 Å². The molecule has 2 fully saturated rings. The first-order valence-electron chi connectivity index (χ1n) is 8.71. The first-order chi connectivity index (χ1) is 12.7. The van der Waals surface area contributed by atoms with Crippen molar-refractivity contribution in [1.29, 1.82) is 0 Å². The second-order valence-electron chi connectivity index (χ2n) is 6.50. The molecule has 0 radical (unpaired) electrons. The summed E-state index contributed by atoms with van der Waals surface area (Å²) < 4.78 is 23.1. The van der Waals surface area contributed by atoms with Gasteiger partial charge in [0.1, 0.15) is 24.4 Å². The molecular weight excluding hydrogens is 336 g/mol. The molecular formula is C20H22O6. The number of hydrogen-bond acceptors (Lipinski definition) is 6. The molecule has 6 atom stereocenters. The lowest BCUT2D eigenvalue weighted by molar-refractivity contribution is -0.362. The lowest BCUT2D eigenvalue weighted by Gasteiger charge is -2.46. The first-order valence-corrected chi connectivity index (χ1v) is 8.71. The van der Waals surface area contributed by atoms with E-state index in [4.69, 9.17) is 18.9 Å². The fourth-order valence-corrected chi connectivity index (χ4v) is 3.25. The molecule has 0 amide bonds. The van der Waals surface area contributed by atoms with E-state index in [9.17, 15) is 10.2 Å². The van der Waals surface area contributed by atoms with Gasteiger partial charge in [-0.1, -0.05) is 60.7 Å². The summed E-state index contributed by atoms with van der Waals surface area (Å²) >= 11 is 0. The Hall–Kier alpha value is -1.80. The van der Waals surface area contributed by atoms with E-state index in [0.717, 1.165) is 11.1 Å². The van der Waals surface area contributed by atoms with Gasteiger partial charge < -0.3 is 29.2 Å². The van der Waals surface area contributed by atoms with Crippen LogP contribution in [0, 0.1) is 0 Å². The van der Waals surface area contributed by atoms with Gasteiger partial charge in [0.15, 0.2) is 12.6 Å². The minimum Gasteiger partial charge on any atom is -0.387 e. The first kappa shape index (κ1) is 17.6. The van der Waals surface area contributed by atoms with Crippen molar-refractivity contribution in [2.45, 2.75) is 43.6 Å². The zero-order chi connectivity index (χ0) is 17.9. The molecule has 0 unspecified atom stereocenters. The van der Waals surface area contributed by atoms with Gasteiger partial charge >= 0.3 is 0 Å². The molecule has 0 bridgehead atoms. The molecule has 6 nitrogen and oxygen atoms in total. The Morgan fingerprint density at radius 1 is 0.885 bits per heavy atom. The van der Waals surface area contributed by atoms with Crippen LogP contribution in [0.15, 0.2) is 60.7 Å². The summed E-state index contributed by atoms with van der Waals surface area (Å²) in [4.78, 5) is 0. The van der Waals surface area contributed by atoms with Crippen LogP contribution in [-0.4, -0.2) is 47.5 Å². The summed E-state index contributed by atoms with van der Waals surface area (Å²) in [6.45, 7) is 0.528. The van der Waals surface area contributed by atoms with Gasteiger partial charge in [-0.3, -0.25) is 0 Å². The number of benzene rings is 2. The maximum absolute atomic E-state index is 10.5.